The molecule has 0 unspecified atom stereocenters. The van der Waals surface area contributed by atoms with Crippen LogP contribution in [0.25, 0.3) is 0 Å². The average Bonchev–Trinajstić information content (AvgIpc) is 2.39. The summed E-state index contributed by atoms with van der Waals surface area (Å²) in [7, 11) is 0. The van der Waals surface area contributed by atoms with Gasteiger partial charge in [-0.3, -0.25) is 4.79 Å². The van der Waals surface area contributed by atoms with Crippen LogP contribution in [0.5, 0.6) is 5.75 Å². The molecule has 0 radical (unpaired) electrons. The minimum Gasteiger partial charge on any atom is -0.435 e. The monoisotopic (exact) mass is 320 g/mol. The Morgan fingerprint density at radius 3 is 2.76 bits per heavy atom. The maximum Gasteiger partial charge on any atom is 0.387 e. The van der Waals surface area contributed by atoms with E-state index in [4.69, 9.17) is 0 Å². The molecule has 0 bridgehead atoms. The third-order valence-corrected chi connectivity index (χ3v) is 3.28. The van der Waals surface area contributed by atoms with Crippen LogP contribution in [-0.2, 0) is 4.79 Å². The number of hydrogen-bond acceptors (Lipinski definition) is 3. The van der Waals surface area contributed by atoms with Crippen molar-refractivity contribution in [1.29, 1.82) is 0 Å². The van der Waals surface area contributed by atoms with Crippen LogP contribution in [0.15, 0.2) is 24.3 Å². The standard InChI is InChI=1S/C14H18F2N2O2.ClH/c15-14(16)20-12-3-1-2-11(9-12)18-13(19)8-10-4-6-17-7-5-10;/h1-3,9-10,14,17H,4-8H2,(H,18,19);1H. The summed E-state index contributed by atoms with van der Waals surface area (Å²) in [6.45, 7) is -0.985. The molecule has 1 amide bonds. The lowest BCUT2D eigenvalue weighted by Gasteiger charge is -2.21. The zero-order chi connectivity index (χ0) is 14.4. The van der Waals surface area contributed by atoms with Gasteiger partial charge in [-0.15, -0.1) is 12.4 Å². The van der Waals surface area contributed by atoms with E-state index in [0.29, 0.717) is 18.0 Å². The van der Waals surface area contributed by atoms with Crippen molar-refractivity contribution in [3.05, 3.63) is 24.3 Å². The first-order chi connectivity index (χ1) is 9.63. The number of anilines is 1. The third kappa shape index (κ3) is 6.27. The Kier molecular flexibility index (Phi) is 7.39. The summed E-state index contributed by atoms with van der Waals surface area (Å²) in [5, 5.41) is 5.96. The zero-order valence-electron chi connectivity index (χ0n) is 11.5. The second-order valence-electron chi connectivity index (χ2n) is 4.85. The number of rotatable bonds is 5. The molecule has 118 valence electrons. The van der Waals surface area contributed by atoms with Crippen molar-refractivity contribution in [1.82, 2.24) is 5.32 Å². The van der Waals surface area contributed by atoms with Crippen LogP contribution in [0.4, 0.5) is 14.5 Å². The number of benzene rings is 1. The van der Waals surface area contributed by atoms with Gasteiger partial charge in [0.2, 0.25) is 5.91 Å². The first-order valence-corrected chi connectivity index (χ1v) is 6.69. The zero-order valence-corrected chi connectivity index (χ0v) is 12.3. The molecule has 0 atom stereocenters. The summed E-state index contributed by atoms with van der Waals surface area (Å²) < 4.78 is 28.5. The summed E-state index contributed by atoms with van der Waals surface area (Å²) >= 11 is 0. The Labute approximate surface area is 128 Å². The molecule has 1 fully saturated rings. The van der Waals surface area contributed by atoms with Crippen molar-refractivity contribution >= 4 is 24.0 Å². The number of hydrogen-bond donors (Lipinski definition) is 2. The Hall–Kier alpha value is -1.40. The fraction of sp³-hybridized carbons (Fsp3) is 0.500. The van der Waals surface area contributed by atoms with E-state index in [0.717, 1.165) is 25.9 Å². The SMILES string of the molecule is Cl.O=C(CC1CCNCC1)Nc1cccc(OC(F)F)c1. The van der Waals surface area contributed by atoms with E-state index < -0.39 is 6.61 Å². The number of alkyl halides is 2. The molecule has 0 aromatic heterocycles. The fourth-order valence-corrected chi connectivity index (χ4v) is 2.31. The fourth-order valence-electron chi connectivity index (χ4n) is 2.31. The lowest BCUT2D eigenvalue weighted by atomic mass is 9.94. The van der Waals surface area contributed by atoms with Crippen molar-refractivity contribution in [3.8, 4) is 5.75 Å². The normalized spacial score (nSPS) is 15.4. The molecule has 4 nitrogen and oxygen atoms in total. The first kappa shape index (κ1) is 17.7. The van der Waals surface area contributed by atoms with E-state index in [9.17, 15) is 13.6 Å². The van der Waals surface area contributed by atoms with Crippen LogP contribution in [0, 0.1) is 5.92 Å². The van der Waals surface area contributed by atoms with Gasteiger partial charge >= 0.3 is 6.61 Å². The summed E-state index contributed by atoms with van der Waals surface area (Å²) in [6, 6.07) is 6.04. The van der Waals surface area contributed by atoms with Crippen LogP contribution in [0.1, 0.15) is 19.3 Å². The molecule has 0 aliphatic carbocycles. The van der Waals surface area contributed by atoms with Crippen molar-refractivity contribution < 1.29 is 18.3 Å². The molecular weight excluding hydrogens is 302 g/mol. The lowest BCUT2D eigenvalue weighted by Crippen LogP contribution is -2.30. The molecule has 7 heteroatoms. The number of halogens is 3. The Balaban J connectivity index is 0.00000220. The van der Waals surface area contributed by atoms with Gasteiger partial charge in [0.1, 0.15) is 5.75 Å². The van der Waals surface area contributed by atoms with Gasteiger partial charge < -0.3 is 15.4 Å². The van der Waals surface area contributed by atoms with Gasteiger partial charge in [0.25, 0.3) is 0 Å². The number of nitrogens with one attached hydrogen (secondary N) is 2. The van der Waals surface area contributed by atoms with Gasteiger partial charge in [-0.25, -0.2) is 0 Å². The van der Waals surface area contributed by atoms with E-state index in [2.05, 4.69) is 15.4 Å². The molecule has 1 aromatic rings. The number of carbonyl (C=O) groups is 1. The molecule has 1 heterocycles. The van der Waals surface area contributed by atoms with E-state index in [1.807, 2.05) is 0 Å². The summed E-state index contributed by atoms with van der Waals surface area (Å²) in [5.74, 6) is 0.336. The lowest BCUT2D eigenvalue weighted by molar-refractivity contribution is -0.117. The van der Waals surface area contributed by atoms with Gasteiger partial charge in [0, 0.05) is 18.2 Å². The van der Waals surface area contributed by atoms with Crippen molar-refractivity contribution in [2.45, 2.75) is 25.9 Å². The van der Waals surface area contributed by atoms with Crippen LogP contribution >= 0.6 is 12.4 Å². The number of ether oxygens (including phenoxy) is 1. The van der Waals surface area contributed by atoms with Gasteiger partial charge in [0.15, 0.2) is 0 Å². The average molecular weight is 321 g/mol. The first-order valence-electron chi connectivity index (χ1n) is 6.69. The summed E-state index contributed by atoms with van der Waals surface area (Å²) in [5.41, 5.74) is 0.474. The van der Waals surface area contributed by atoms with Crippen LogP contribution in [0.3, 0.4) is 0 Å². The highest BCUT2D eigenvalue weighted by Gasteiger charge is 2.17. The molecule has 0 saturated carbocycles. The van der Waals surface area contributed by atoms with E-state index in [1.165, 1.54) is 12.1 Å². The minimum absolute atomic E-state index is 0. The van der Waals surface area contributed by atoms with Crippen LogP contribution < -0.4 is 15.4 Å². The van der Waals surface area contributed by atoms with E-state index in [1.54, 1.807) is 12.1 Å². The van der Waals surface area contributed by atoms with E-state index in [-0.39, 0.29) is 24.1 Å². The molecule has 2 rings (SSSR count). The van der Waals surface area contributed by atoms with Gasteiger partial charge in [-0.05, 0) is 44.0 Å². The Morgan fingerprint density at radius 1 is 1.38 bits per heavy atom. The summed E-state index contributed by atoms with van der Waals surface area (Å²) in [6.07, 6.45) is 2.44. The molecule has 1 aromatic carbocycles. The molecule has 1 saturated heterocycles. The second kappa shape index (κ2) is 8.79. The molecule has 2 N–H and O–H groups in total. The van der Waals surface area contributed by atoms with Gasteiger partial charge in [0.05, 0.1) is 0 Å². The Morgan fingerprint density at radius 2 is 2.10 bits per heavy atom. The maximum absolute atomic E-state index is 12.1. The third-order valence-electron chi connectivity index (χ3n) is 3.28. The van der Waals surface area contributed by atoms with Gasteiger partial charge in [-0.1, -0.05) is 6.07 Å². The van der Waals surface area contributed by atoms with Gasteiger partial charge in [-0.2, -0.15) is 8.78 Å². The highest BCUT2D eigenvalue weighted by Crippen LogP contribution is 2.21. The summed E-state index contributed by atoms with van der Waals surface area (Å²) in [4.78, 5) is 11.9. The van der Waals surface area contributed by atoms with Crippen molar-refractivity contribution in [3.63, 3.8) is 0 Å². The largest absolute Gasteiger partial charge is 0.435 e. The maximum atomic E-state index is 12.1. The topological polar surface area (TPSA) is 50.4 Å². The highest BCUT2D eigenvalue weighted by molar-refractivity contribution is 5.91. The molecular formula is C14H19ClF2N2O2. The highest BCUT2D eigenvalue weighted by atomic mass is 35.5. The van der Waals surface area contributed by atoms with Crippen molar-refractivity contribution in [2.75, 3.05) is 18.4 Å². The molecule has 21 heavy (non-hydrogen) atoms. The second-order valence-corrected chi connectivity index (χ2v) is 4.85. The van der Waals surface area contributed by atoms with Crippen LogP contribution in [0.2, 0.25) is 0 Å². The van der Waals surface area contributed by atoms with E-state index >= 15 is 0 Å². The number of carbonyl (C=O) groups excluding carboxylic acids is 1. The molecule has 1 aliphatic rings. The van der Waals surface area contributed by atoms with Crippen LogP contribution in [-0.4, -0.2) is 25.6 Å². The Bertz CT molecular complexity index is 454. The predicted molar refractivity (Wildman–Crippen MR) is 79.2 cm³/mol. The van der Waals surface area contributed by atoms with Crippen molar-refractivity contribution in [2.24, 2.45) is 5.92 Å². The predicted octanol–water partition coefficient (Wildman–Crippen LogP) is 3.04. The number of piperidine rings is 1. The molecule has 0 spiro atoms. The number of amides is 1. The quantitative estimate of drug-likeness (QED) is 0.876. The smallest absolute Gasteiger partial charge is 0.387 e. The molecule has 1 aliphatic heterocycles. The minimum atomic E-state index is -2.87.